The third-order valence-electron chi connectivity index (χ3n) is 4.27. The van der Waals surface area contributed by atoms with E-state index in [1.807, 2.05) is 18.2 Å². The lowest BCUT2D eigenvalue weighted by Crippen LogP contribution is -2.46. The van der Waals surface area contributed by atoms with Crippen molar-refractivity contribution in [1.82, 2.24) is 0 Å². The highest BCUT2D eigenvalue weighted by Crippen LogP contribution is 2.37. The van der Waals surface area contributed by atoms with Crippen LogP contribution in [-0.2, 0) is 9.59 Å². The number of anilines is 2. The van der Waals surface area contributed by atoms with E-state index in [4.69, 9.17) is 21.1 Å². The molecule has 2 aromatic carbocycles. The topological polar surface area (TPSA) is 67.9 Å². The summed E-state index contributed by atoms with van der Waals surface area (Å²) in [6.07, 6.45) is 0. The number of hydrogen-bond acceptors (Lipinski definition) is 4. The highest BCUT2D eigenvalue weighted by atomic mass is 35.5. The number of methoxy groups -OCH3 is 2. The summed E-state index contributed by atoms with van der Waals surface area (Å²) in [5.41, 5.74) is -0.247. The van der Waals surface area contributed by atoms with Crippen LogP contribution in [-0.4, -0.2) is 33.1 Å². The molecule has 2 aromatic rings. The van der Waals surface area contributed by atoms with Crippen LogP contribution >= 0.6 is 11.6 Å². The lowest BCUT2D eigenvalue weighted by molar-refractivity contribution is -0.136. The fourth-order valence-electron chi connectivity index (χ4n) is 2.52. The Bertz CT molecular complexity index is 837. The first-order chi connectivity index (χ1) is 12.7. The second-order valence-electron chi connectivity index (χ2n) is 6.47. The number of amides is 2. The van der Waals surface area contributed by atoms with E-state index in [1.165, 1.54) is 19.1 Å². The van der Waals surface area contributed by atoms with Crippen LogP contribution in [0.4, 0.5) is 11.4 Å². The van der Waals surface area contributed by atoms with E-state index >= 15 is 0 Å². The van der Waals surface area contributed by atoms with Crippen molar-refractivity contribution in [3.8, 4) is 11.5 Å². The maximum Gasteiger partial charge on any atom is 0.241 e. The largest absolute Gasteiger partial charge is 0.495 e. The number of para-hydroxylation sites is 1. The molecule has 2 rings (SSSR count). The molecule has 0 radical (unpaired) electrons. The molecule has 7 heteroatoms. The van der Waals surface area contributed by atoms with Crippen LogP contribution in [0, 0.1) is 5.41 Å². The van der Waals surface area contributed by atoms with Gasteiger partial charge >= 0.3 is 0 Å². The number of ether oxygens (including phenoxy) is 2. The molecule has 27 heavy (non-hydrogen) atoms. The summed E-state index contributed by atoms with van der Waals surface area (Å²) in [6, 6.07) is 12.2. The first-order valence-corrected chi connectivity index (χ1v) is 8.66. The van der Waals surface area contributed by atoms with Crippen LogP contribution in [0.5, 0.6) is 11.5 Å². The molecule has 1 N–H and O–H groups in total. The Morgan fingerprint density at radius 3 is 2.19 bits per heavy atom. The van der Waals surface area contributed by atoms with Gasteiger partial charge in [-0.1, -0.05) is 29.8 Å². The molecule has 0 bridgehead atoms. The van der Waals surface area contributed by atoms with Crippen molar-refractivity contribution in [3.05, 3.63) is 47.5 Å². The second-order valence-corrected chi connectivity index (χ2v) is 6.87. The van der Waals surface area contributed by atoms with Crippen molar-refractivity contribution in [2.24, 2.45) is 5.41 Å². The van der Waals surface area contributed by atoms with Gasteiger partial charge in [0.1, 0.15) is 16.9 Å². The minimum absolute atomic E-state index is 0.342. The SMILES string of the molecule is COc1cc(NC(=O)C(C)(C)C(=O)N(C)c2ccccc2)c(OC)cc1Cl. The quantitative estimate of drug-likeness (QED) is 0.757. The van der Waals surface area contributed by atoms with Gasteiger partial charge in [0.2, 0.25) is 11.8 Å². The summed E-state index contributed by atoms with van der Waals surface area (Å²) in [6.45, 7) is 3.15. The lowest BCUT2D eigenvalue weighted by Gasteiger charge is -2.28. The summed E-state index contributed by atoms with van der Waals surface area (Å²) >= 11 is 6.09. The van der Waals surface area contributed by atoms with Crippen LogP contribution < -0.4 is 19.7 Å². The van der Waals surface area contributed by atoms with Crippen LogP contribution in [0.3, 0.4) is 0 Å². The van der Waals surface area contributed by atoms with Gasteiger partial charge in [0.05, 0.1) is 24.9 Å². The molecule has 144 valence electrons. The van der Waals surface area contributed by atoms with Crippen molar-refractivity contribution in [1.29, 1.82) is 0 Å². The monoisotopic (exact) mass is 390 g/mol. The normalized spacial score (nSPS) is 10.9. The Hall–Kier alpha value is -2.73. The number of nitrogens with zero attached hydrogens (tertiary/aromatic N) is 1. The summed E-state index contributed by atoms with van der Waals surface area (Å²) in [4.78, 5) is 27.3. The zero-order chi connectivity index (χ0) is 20.2. The van der Waals surface area contributed by atoms with Gasteiger partial charge in [-0.15, -0.1) is 0 Å². The molecule has 0 unspecified atom stereocenters. The number of benzene rings is 2. The molecule has 0 aliphatic heterocycles. The fraction of sp³-hybridized carbons (Fsp3) is 0.300. The Balaban J connectivity index is 2.27. The standard InChI is InChI=1S/C20H23ClN2O4/c1-20(2,19(25)23(3)13-9-7-6-8-10-13)18(24)22-15-12-16(26-4)14(21)11-17(15)27-5/h6-12H,1-5H3,(H,22,24). The molecular formula is C20H23ClN2O4. The zero-order valence-electron chi connectivity index (χ0n) is 16.0. The van der Waals surface area contributed by atoms with Crippen molar-refractivity contribution in [2.45, 2.75) is 13.8 Å². The molecular weight excluding hydrogens is 368 g/mol. The summed E-state index contributed by atoms with van der Waals surface area (Å²) in [5.74, 6) is -0.0591. The van der Waals surface area contributed by atoms with Gasteiger partial charge in [-0.05, 0) is 26.0 Å². The van der Waals surface area contributed by atoms with Crippen molar-refractivity contribution >= 4 is 34.8 Å². The molecule has 0 spiro atoms. The predicted molar refractivity (Wildman–Crippen MR) is 107 cm³/mol. The highest BCUT2D eigenvalue weighted by molar-refractivity contribution is 6.32. The molecule has 6 nitrogen and oxygen atoms in total. The lowest BCUT2D eigenvalue weighted by atomic mass is 9.90. The van der Waals surface area contributed by atoms with E-state index in [2.05, 4.69) is 5.32 Å². The van der Waals surface area contributed by atoms with Gasteiger partial charge in [-0.2, -0.15) is 0 Å². The molecule has 0 saturated heterocycles. The van der Waals surface area contributed by atoms with Gasteiger partial charge < -0.3 is 19.7 Å². The third-order valence-corrected chi connectivity index (χ3v) is 4.57. The first kappa shape index (κ1) is 20.6. The fourth-order valence-corrected chi connectivity index (χ4v) is 2.75. The summed E-state index contributed by atoms with van der Waals surface area (Å²) < 4.78 is 10.4. The minimum atomic E-state index is -1.32. The molecule has 0 saturated carbocycles. The number of hydrogen-bond donors (Lipinski definition) is 1. The van der Waals surface area contributed by atoms with E-state index in [9.17, 15) is 9.59 Å². The maximum atomic E-state index is 12.9. The smallest absolute Gasteiger partial charge is 0.241 e. The van der Waals surface area contributed by atoms with Gasteiger partial charge in [0.15, 0.2) is 0 Å². The van der Waals surface area contributed by atoms with Gasteiger partial charge in [-0.3, -0.25) is 9.59 Å². The maximum absolute atomic E-state index is 12.9. The highest BCUT2D eigenvalue weighted by Gasteiger charge is 2.39. The van der Waals surface area contributed by atoms with Gasteiger partial charge in [0, 0.05) is 24.9 Å². The average Bonchev–Trinajstić information content (AvgIpc) is 2.68. The number of halogens is 1. The first-order valence-electron chi connectivity index (χ1n) is 8.28. The molecule has 0 aliphatic carbocycles. The molecule has 0 aliphatic rings. The van der Waals surface area contributed by atoms with Crippen LogP contribution in [0.1, 0.15) is 13.8 Å². The van der Waals surface area contributed by atoms with Crippen LogP contribution in [0.25, 0.3) is 0 Å². The molecule has 0 atom stereocenters. The number of carbonyl (C=O) groups excluding carboxylic acids is 2. The van der Waals surface area contributed by atoms with E-state index in [0.29, 0.717) is 27.9 Å². The Morgan fingerprint density at radius 2 is 1.63 bits per heavy atom. The predicted octanol–water partition coefficient (Wildman–Crippen LogP) is 3.98. The van der Waals surface area contributed by atoms with Gasteiger partial charge in [-0.25, -0.2) is 0 Å². The molecule has 0 fully saturated rings. The molecule has 2 amide bonds. The number of carbonyl (C=O) groups is 2. The van der Waals surface area contributed by atoms with E-state index in [-0.39, 0.29) is 5.91 Å². The van der Waals surface area contributed by atoms with Crippen molar-refractivity contribution in [2.75, 3.05) is 31.5 Å². The Kier molecular flexibility index (Phi) is 6.33. The number of nitrogens with one attached hydrogen (secondary N) is 1. The third kappa shape index (κ3) is 4.34. The Morgan fingerprint density at radius 1 is 1.04 bits per heavy atom. The van der Waals surface area contributed by atoms with E-state index in [0.717, 1.165) is 0 Å². The van der Waals surface area contributed by atoms with Crippen molar-refractivity contribution < 1.29 is 19.1 Å². The summed E-state index contributed by atoms with van der Waals surface area (Å²) in [5, 5.41) is 3.09. The Labute approximate surface area is 164 Å². The van der Waals surface area contributed by atoms with Crippen LogP contribution in [0.15, 0.2) is 42.5 Å². The molecule has 0 aromatic heterocycles. The summed E-state index contributed by atoms with van der Waals surface area (Å²) in [7, 11) is 4.58. The van der Waals surface area contributed by atoms with Crippen LogP contribution in [0.2, 0.25) is 5.02 Å². The van der Waals surface area contributed by atoms with Crippen molar-refractivity contribution in [3.63, 3.8) is 0 Å². The van der Waals surface area contributed by atoms with E-state index < -0.39 is 11.3 Å². The van der Waals surface area contributed by atoms with E-state index in [1.54, 1.807) is 45.2 Å². The minimum Gasteiger partial charge on any atom is -0.495 e. The molecule has 0 heterocycles. The van der Waals surface area contributed by atoms with Gasteiger partial charge in [0.25, 0.3) is 0 Å². The zero-order valence-corrected chi connectivity index (χ0v) is 16.8. The number of rotatable bonds is 6. The second kappa shape index (κ2) is 8.31. The average molecular weight is 391 g/mol.